The summed E-state index contributed by atoms with van der Waals surface area (Å²) in [4.78, 5) is 4.36. The molecule has 3 rings (SSSR count). The number of nitrogens with zero attached hydrogens (tertiary/aromatic N) is 3. The summed E-state index contributed by atoms with van der Waals surface area (Å²) in [5.41, 5.74) is 4.51. The fourth-order valence-corrected chi connectivity index (χ4v) is 3.38. The highest BCUT2D eigenvalue weighted by molar-refractivity contribution is 5.80. The van der Waals surface area contributed by atoms with Crippen LogP contribution in [-0.4, -0.2) is 28.8 Å². The summed E-state index contributed by atoms with van der Waals surface area (Å²) >= 11 is 0. The Labute approximate surface area is 144 Å². The van der Waals surface area contributed by atoms with Crippen molar-refractivity contribution in [2.24, 2.45) is 4.99 Å². The number of guanidine groups is 1. The van der Waals surface area contributed by atoms with Crippen LogP contribution in [0.1, 0.15) is 42.6 Å². The van der Waals surface area contributed by atoms with Crippen LogP contribution in [0.3, 0.4) is 0 Å². The molecule has 0 radical (unpaired) electrons. The molecule has 1 aromatic carbocycles. The van der Waals surface area contributed by atoms with E-state index in [0.29, 0.717) is 6.04 Å². The molecule has 1 aromatic heterocycles. The lowest BCUT2D eigenvalue weighted by Crippen LogP contribution is -2.42. The first kappa shape index (κ1) is 16.6. The van der Waals surface area contributed by atoms with E-state index in [1.807, 2.05) is 18.7 Å². The van der Waals surface area contributed by atoms with Crippen LogP contribution in [-0.2, 0) is 6.54 Å². The lowest BCUT2D eigenvalue weighted by atomic mass is 10.1. The summed E-state index contributed by atoms with van der Waals surface area (Å²) in [6.45, 7) is 4.84. The molecular formula is C19H27N5. The highest BCUT2D eigenvalue weighted by Gasteiger charge is 2.16. The van der Waals surface area contributed by atoms with Gasteiger partial charge in [0.15, 0.2) is 5.96 Å². The summed E-state index contributed by atoms with van der Waals surface area (Å²) < 4.78 is 2.01. The molecule has 1 heterocycles. The molecule has 1 saturated carbocycles. The Balaban J connectivity index is 1.72. The van der Waals surface area contributed by atoms with Gasteiger partial charge in [-0.05, 0) is 44.4 Å². The SMILES string of the molecule is CN=C(NCc1ccccc1-n1nc(C)cc1C)NC1CCCC1. The van der Waals surface area contributed by atoms with Crippen LogP contribution in [0.15, 0.2) is 35.3 Å². The quantitative estimate of drug-likeness (QED) is 0.671. The van der Waals surface area contributed by atoms with E-state index in [-0.39, 0.29) is 0 Å². The molecule has 2 aromatic rings. The van der Waals surface area contributed by atoms with Crippen LogP contribution in [0.4, 0.5) is 0 Å². The van der Waals surface area contributed by atoms with Crippen molar-refractivity contribution in [2.45, 2.75) is 52.1 Å². The average Bonchev–Trinajstić information content (AvgIpc) is 3.21. The molecule has 5 heteroatoms. The Morgan fingerprint density at radius 3 is 2.67 bits per heavy atom. The summed E-state index contributed by atoms with van der Waals surface area (Å²) in [5, 5.41) is 11.6. The van der Waals surface area contributed by atoms with Crippen LogP contribution in [0.2, 0.25) is 0 Å². The zero-order valence-electron chi connectivity index (χ0n) is 14.8. The molecule has 0 unspecified atom stereocenters. The third-order valence-electron chi connectivity index (χ3n) is 4.60. The van der Waals surface area contributed by atoms with Crippen molar-refractivity contribution in [3.05, 3.63) is 47.3 Å². The molecule has 0 spiro atoms. The number of hydrogen-bond acceptors (Lipinski definition) is 2. The molecule has 5 nitrogen and oxygen atoms in total. The molecule has 0 saturated heterocycles. The third-order valence-corrected chi connectivity index (χ3v) is 4.60. The smallest absolute Gasteiger partial charge is 0.191 e. The van der Waals surface area contributed by atoms with E-state index in [0.717, 1.165) is 29.6 Å². The summed E-state index contributed by atoms with van der Waals surface area (Å²) in [5.74, 6) is 0.880. The average molecular weight is 325 g/mol. The van der Waals surface area contributed by atoms with Crippen molar-refractivity contribution in [3.8, 4) is 5.69 Å². The Kier molecular flexibility index (Phi) is 5.18. The second-order valence-electron chi connectivity index (χ2n) is 6.52. The van der Waals surface area contributed by atoms with E-state index in [2.05, 4.69) is 58.0 Å². The van der Waals surface area contributed by atoms with Crippen molar-refractivity contribution in [1.29, 1.82) is 0 Å². The van der Waals surface area contributed by atoms with Gasteiger partial charge in [-0.15, -0.1) is 0 Å². The largest absolute Gasteiger partial charge is 0.354 e. The second-order valence-corrected chi connectivity index (χ2v) is 6.52. The van der Waals surface area contributed by atoms with Crippen LogP contribution in [0.5, 0.6) is 0 Å². The lowest BCUT2D eigenvalue weighted by Gasteiger charge is -2.18. The number of nitrogens with one attached hydrogen (secondary N) is 2. The molecule has 1 aliphatic carbocycles. The van der Waals surface area contributed by atoms with E-state index in [9.17, 15) is 0 Å². The maximum Gasteiger partial charge on any atom is 0.191 e. The zero-order valence-corrected chi connectivity index (χ0v) is 14.8. The van der Waals surface area contributed by atoms with Gasteiger partial charge in [-0.1, -0.05) is 31.0 Å². The van der Waals surface area contributed by atoms with Gasteiger partial charge in [0.05, 0.1) is 11.4 Å². The molecule has 1 aliphatic rings. The summed E-state index contributed by atoms with van der Waals surface area (Å²) in [7, 11) is 1.83. The Hall–Kier alpha value is -2.30. The van der Waals surface area contributed by atoms with E-state index < -0.39 is 0 Å². The van der Waals surface area contributed by atoms with Crippen molar-refractivity contribution >= 4 is 5.96 Å². The van der Waals surface area contributed by atoms with Crippen LogP contribution in [0, 0.1) is 13.8 Å². The number of aryl methyl sites for hydroxylation is 2. The van der Waals surface area contributed by atoms with E-state index >= 15 is 0 Å². The maximum atomic E-state index is 4.61. The number of para-hydroxylation sites is 1. The second kappa shape index (κ2) is 7.51. The summed E-state index contributed by atoms with van der Waals surface area (Å²) in [6.07, 6.45) is 5.11. The number of benzene rings is 1. The van der Waals surface area contributed by atoms with E-state index in [4.69, 9.17) is 0 Å². The van der Waals surface area contributed by atoms with Crippen molar-refractivity contribution in [1.82, 2.24) is 20.4 Å². The highest BCUT2D eigenvalue weighted by atomic mass is 15.3. The van der Waals surface area contributed by atoms with Gasteiger partial charge in [0.2, 0.25) is 0 Å². The molecule has 0 amide bonds. The van der Waals surface area contributed by atoms with Crippen LogP contribution < -0.4 is 10.6 Å². The van der Waals surface area contributed by atoms with Gasteiger partial charge in [-0.3, -0.25) is 4.99 Å². The first-order valence-electron chi connectivity index (χ1n) is 8.76. The Morgan fingerprint density at radius 1 is 1.25 bits per heavy atom. The van der Waals surface area contributed by atoms with Crippen molar-refractivity contribution < 1.29 is 0 Å². The van der Waals surface area contributed by atoms with Gasteiger partial charge >= 0.3 is 0 Å². The van der Waals surface area contributed by atoms with Crippen molar-refractivity contribution in [2.75, 3.05) is 7.05 Å². The first-order valence-corrected chi connectivity index (χ1v) is 8.76. The van der Waals surface area contributed by atoms with Crippen LogP contribution >= 0.6 is 0 Å². The number of hydrogen-bond donors (Lipinski definition) is 2. The fraction of sp³-hybridized carbons (Fsp3) is 0.474. The molecular weight excluding hydrogens is 298 g/mol. The van der Waals surface area contributed by atoms with Gasteiger partial charge in [-0.25, -0.2) is 4.68 Å². The topological polar surface area (TPSA) is 54.2 Å². The standard InChI is InChI=1S/C19H27N5/c1-14-12-15(2)24(23-14)18-11-7-4-8-16(18)13-21-19(20-3)22-17-9-5-6-10-17/h4,7-8,11-12,17H,5-6,9-10,13H2,1-3H3,(H2,20,21,22). The number of aliphatic imine (C=N–C) groups is 1. The molecule has 0 aliphatic heterocycles. The van der Waals surface area contributed by atoms with Gasteiger partial charge in [0.25, 0.3) is 0 Å². The van der Waals surface area contributed by atoms with Crippen molar-refractivity contribution in [3.63, 3.8) is 0 Å². The Morgan fingerprint density at radius 2 is 2.00 bits per heavy atom. The monoisotopic (exact) mass is 325 g/mol. The lowest BCUT2D eigenvalue weighted by molar-refractivity contribution is 0.613. The normalized spacial score (nSPS) is 15.7. The van der Waals surface area contributed by atoms with Gasteiger partial charge in [0, 0.05) is 25.3 Å². The molecule has 1 fully saturated rings. The first-order chi connectivity index (χ1) is 11.7. The zero-order chi connectivity index (χ0) is 16.9. The fourth-order valence-electron chi connectivity index (χ4n) is 3.38. The third kappa shape index (κ3) is 3.78. The minimum atomic E-state index is 0.558. The minimum absolute atomic E-state index is 0.558. The predicted octanol–water partition coefficient (Wildman–Crippen LogP) is 3.10. The minimum Gasteiger partial charge on any atom is -0.354 e. The van der Waals surface area contributed by atoms with Gasteiger partial charge in [0.1, 0.15) is 0 Å². The van der Waals surface area contributed by atoms with Gasteiger partial charge in [-0.2, -0.15) is 5.10 Å². The Bertz CT molecular complexity index is 710. The van der Waals surface area contributed by atoms with Gasteiger partial charge < -0.3 is 10.6 Å². The number of rotatable bonds is 4. The molecule has 0 atom stereocenters. The number of aromatic nitrogens is 2. The predicted molar refractivity (Wildman–Crippen MR) is 98.6 cm³/mol. The molecule has 24 heavy (non-hydrogen) atoms. The molecule has 0 bridgehead atoms. The maximum absolute atomic E-state index is 4.61. The molecule has 2 N–H and O–H groups in total. The summed E-state index contributed by atoms with van der Waals surface area (Å²) in [6, 6.07) is 11.0. The van der Waals surface area contributed by atoms with E-state index in [1.165, 1.54) is 31.2 Å². The highest BCUT2D eigenvalue weighted by Crippen LogP contribution is 2.18. The van der Waals surface area contributed by atoms with E-state index in [1.54, 1.807) is 0 Å². The van der Waals surface area contributed by atoms with Crippen LogP contribution in [0.25, 0.3) is 5.69 Å². The molecule has 128 valence electrons.